The molecular formula is C16H22F3NO. The average molecular weight is 301 g/mol. The third-order valence-electron chi connectivity index (χ3n) is 3.83. The van der Waals surface area contributed by atoms with Gasteiger partial charge in [-0.3, -0.25) is 0 Å². The topological polar surface area (TPSA) is 21.3 Å². The number of benzene rings is 1. The number of piperidine rings is 1. The van der Waals surface area contributed by atoms with Crippen LogP contribution in [0.3, 0.4) is 0 Å². The van der Waals surface area contributed by atoms with E-state index in [0.717, 1.165) is 50.4 Å². The molecule has 0 unspecified atom stereocenters. The number of unbranched alkanes of at least 4 members (excludes halogenated alkanes) is 1. The molecule has 0 saturated carbocycles. The van der Waals surface area contributed by atoms with Crippen molar-refractivity contribution in [3.05, 3.63) is 29.3 Å². The summed E-state index contributed by atoms with van der Waals surface area (Å²) in [6.45, 7) is 4.19. The molecule has 1 aromatic carbocycles. The normalized spacial score (nSPS) is 17.0. The van der Waals surface area contributed by atoms with E-state index in [0.29, 0.717) is 12.4 Å². The van der Waals surface area contributed by atoms with Crippen LogP contribution in [0.15, 0.2) is 18.2 Å². The number of halogens is 3. The minimum atomic E-state index is -4.33. The third kappa shape index (κ3) is 4.63. The van der Waals surface area contributed by atoms with Gasteiger partial charge in [0.05, 0.1) is 12.2 Å². The lowest BCUT2D eigenvalue weighted by molar-refractivity contribution is -0.137. The maximum atomic E-state index is 13.0. The lowest BCUT2D eigenvalue weighted by atomic mass is 9.89. The van der Waals surface area contributed by atoms with E-state index in [4.69, 9.17) is 4.74 Å². The molecule has 1 aromatic rings. The van der Waals surface area contributed by atoms with Crippen LogP contribution in [-0.4, -0.2) is 19.7 Å². The molecule has 0 amide bonds. The minimum Gasteiger partial charge on any atom is -0.494 e. The highest BCUT2D eigenvalue weighted by Gasteiger charge is 2.32. The molecule has 0 atom stereocenters. The summed E-state index contributed by atoms with van der Waals surface area (Å²) in [5.74, 6) is 0.522. The van der Waals surface area contributed by atoms with Crippen molar-refractivity contribution in [1.29, 1.82) is 0 Å². The number of nitrogens with one attached hydrogen (secondary N) is 1. The molecule has 2 rings (SSSR count). The molecule has 21 heavy (non-hydrogen) atoms. The SMILES string of the molecule is CCCCOc1cc(C2CCNCC2)cc(C(F)(F)F)c1. The standard InChI is InChI=1S/C16H22F3NO/c1-2-3-8-21-15-10-13(12-4-6-20-7-5-12)9-14(11-15)16(17,18)19/h9-12,20H,2-8H2,1H3. The summed E-state index contributed by atoms with van der Waals surface area (Å²) >= 11 is 0. The minimum absolute atomic E-state index is 0.182. The summed E-state index contributed by atoms with van der Waals surface area (Å²) in [6.07, 6.45) is -0.781. The van der Waals surface area contributed by atoms with Gasteiger partial charge < -0.3 is 10.1 Å². The lowest BCUT2D eigenvalue weighted by Crippen LogP contribution is -2.26. The zero-order valence-corrected chi connectivity index (χ0v) is 12.3. The highest BCUT2D eigenvalue weighted by Crippen LogP contribution is 2.36. The first-order valence-corrected chi connectivity index (χ1v) is 7.56. The largest absolute Gasteiger partial charge is 0.494 e. The second-order valence-corrected chi connectivity index (χ2v) is 5.51. The molecule has 1 saturated heterocycles. The van der Waals surface area contributed by atoms with Gasteiger partial charge in [-0.25, -0.2) is 0 Å². The molecule has 5 heteroatoms. The number of hydrogen-bond acceptors (Lipinski definition) is 2. The molecule has 2 nitrogen and oxygen atoms in total. The summed E-state index contributed by atoms with van der Waals surface area (Å²) in [4.78, 5) is 0. The zero-order chi connectivity index (χ0) is 15.3. The Morgan fingerprint density at radius 3 is 2.52 bits per heavy atom. The van der Waals surface area contributed by atoms with Gasteiger partial charge in [0.25, 0.3) is 0 Å². The van der Waals surface area contributed by atoms with Crippen LogP contribution < -0.4 is 10.1 Å². The number of ether oxygens (including phenoxy) is 1. The fraction of sp³-hybridized carbons (Fsp3) is 0.625. The van der Waals surface area contributed by atoms with Gasteiger partial charge >= 0.3 is 6.18 Å². The summed E-state index contributed by atoms with van der Waals surface area (Å²) < 4.78 is 44.6. The Labute approximate surface area is 123 Å². The molecule has 0 bridgehead atoms. The number of alkyl halides is 3. The highest BCUT2D eigenvalue weighted by atomic mass is 19.4. The van der Waals surface area contributed by atoms with E-state index in [1.54, 1.807) is 6.07 Å². The van der Waals surface area contributed by atoms with Gasteiger partial charge in [-0.15, -0.1) is 0 Å². The van der Waals surface area contributed by atoms with Crippen molar-refractivity contribution in [1.82, 2.24) is 5.32 Å². The van der Waals surface area contributed by atoms with Crippen LogP contribution in [0.4, 0.5) is 13.2 Å². The first-order valence-electron chi connectivity index (χ1n) is 7.56. The molecule has 0 aliphatic carbocycles. The van der Waals surface area contributed by atoms with Crippen LogP contribution >= 0.6 is 0 Å². The molecule has 1 fully saturated rings. The first kappa shape index (κ1) is 16.1. The van der Waals surface area contributed by atoms with Gasteiger partial charge in [-0.1, -0.05) is 13.3 Å². The molecule has 1 heterocycles. The van der Waals surface area contributed by atoms with E-state index in [1.165, 1.54) is 6.07 Å². The van der Waals surface area contributed by atoms with Crippen molar-refractivity contribution in [3.63, 3.8) is 0 Å². The molecular weight excluding hydrogens is 279 g/mol. The monoisotopic (exact) mass is 301 g/mol. The van der Waals surface area contributed by atoms with E-state index in [-0.39, 0.29) is 5.92 Å². The van der Waals surface area contributed by atoms with Crippen LogP contribution in [-0.2, 0) is 6.18 Å². The van der Waals surface area contributed by atoms with Gasteiger partial charge in [-0.2, -0.15) is 13.2 Å². The number of hydrogen-bond donors (Lipinski definition) is 1. The summed E-state index contributed by atoms with van der Waals surface area (Å²) in [5, 5.41) is 3.23. The summed E-state index contributed by atoms with van der Waals surface area (Å²) in [5.41, 5.74) is 0.142. The van der Waals surface area contributed by atoms with E-state index < -0.39 is 11.7 Å². The fourth-order valence-electron chi connectivity index (χ4n) is 2.59. The first-order chi connectivity index (χ1) is 10.0. The molecule has 1 aliphatic heterocycles. The predicted molar refractivity (Wildman–Crippen MR) is 76.7 cm³/mol. The second kappa shape index (κ2) is 7.16. The van der Waals surface area contributed by atoms with Gasteiger partial charge in [0.15, 0.2) is 0 Å². The summed E-state index contributed by atoms with van der Waals surface area (Å²) in [7, 11) is 0. The Hall–Kier alpha value is -1.23. The Morgan fingerprint density at radius 1 is 1.19 bits per heavy atom. The van der Waals surface area contributed by atoms with Crippen LogP contribution in [0.2, 0.25) is 0 Å². The smallest absolute Gasteiger partial charge is 0.416 e. The van der Waals surface area contributed by atoms with E-state index in [1.807, 2.05) is 6.92 Å². The van der Waals surface area contributed by atoms with Gasteiger partial charge in [0.1, 0.15) is 5.75 Å². The van der Waals surface area contributed by atoms with Crippen molar-refractivity contribution < 1.29 is 17.9 Å². The van der Waals surface area contributed by atoms with Crippen LogP contribution in [0.5, 0.6) is 5.75 Å². The summed E-state index contributed by atoms with van der Waals surface area (Å²) in [6, 6.07) is 4.17. The zero-order valence-electron chi connectivity index (χ0n) is 12.3. The second-order valence-electron chi connectivity index (χ2n) is 5.51. The van der Waals surface area contributed by atoms with Crippen molar-refractivity contribution >= 4 is 0 Å². The van der Waals surface area contributed by atoms with Crippen molar-refractivity contribution in [2.24, 2.45) is 0 Å². The third-order valence-corrected chi connectivity index (χ3v) is 3.83. The molecule has 118 valence electrons. The molecule has 0 radical (unpaired) electrons. The maximum Gasteiger partial charge on any atom is 0.416 e. The van der Waals surface area contributed by atoms with Crippen molar-refractivity contribution in [2.45, 2.75) is 44.7 Å². The van der Waals surface area contributed by atoms with Crippen molar-refractivity contribution in [3.8, 4) is 5.75 Å². The molecule has 1 aliphatic rings. The maximum absolute atomic E-state index is 13.0. The highest BCUT2D eigenvalue weighted by molar-refractivity contribution is 5.38. The van der Waals surface area contributed by atoms with Crippen LogP contribution in [0.1, 0.15) is 49.7 Å². The number of rotatable bonds is 5. The Balaban J connectivity index is 2.23. The van der Waals surface area contributed by atoms with E-state index in [2.05, 4.69) is 5.32 Å². The van der Waals surface area contributed by atoms with Gasteiger partial charge in [0.2, 0.25) is 0 Å². The quantitative estimate of drug-likeness (QED) is 0.816. The Morgan fingerprint density at radius 2 is 1.90 bits per heavy atom. The predicted octanol–water partition coefficient (Wildman–Crippen LogP) is 4.35. The fourth-order valence-corrected chi connectivity index (χ4v) is 2.59. The van der Waals surface area contributed by atoms with Crippen LogP contribution in [0, 0.1) is 0 Å². The van der Waals surface area contributed by atoms with Gasteiger partial charge in [-0.05, 0) is 62.0 Å². The Kier molecular flexibility index (Phi) is 5.51. The van der Waals surface area contributed by atoms with E-state index >= 15 is 0 Å². The molecule has 0 spiro atoms. The van der Waals surface area contributed by atoms with Crippen molar-refractivity contribution in [2.75, 3.05) is 19.7 Å². The Bertz CT molecular complexity index is 453. The van der Waals surface area contributed by atoms with Crippen LogP contribution in [0.25, 0.3) is 0 Å². The van der Waals surface area contributed by atoms with E-state index in [9.17, 15) is 13.2 Å². The lowest BCUT2D eigenvalue weighted by Gasteiger charge is -2.24. The molecule has 1 N–H and O–H groups in total. The van der Waals surface area contributed by atoms with Gasteiger partial charge in [0, 0.05) is 0 Å². The average Bonchev–Trinajstić information content (AvgIpc) is 2.47. The molecule has 0 aromatic heterocycles.